The highest BCUT2D eigenvalue weighted by Crippen LogP contribution is 2.38. The zero-order valence-corrected chi connectivity index (χ0v) is 12.7. The summed E-state index contributed by atoms with van der Waals surface area (Å²) in [5.74, 6) is 0.634. The van der Waals surface area contributed by atoms with Crippen LogP contribution in [0.25, 0.3) is 0 Å². The van der Waals surface area contributed by atoms with E-state index in [1.807, 2.05) is 0 Å². The number of carbonyl (C=O) groups excluding carboxylic acids is 2. The Balaban J connectivity index is 2.92. The Bertz CT molecular complexity index is 484. The molecule has 0 amide bonds. The Morgan fingerprint density at radius 1 is 0.952 bits per heavy atom. The topological polar surface area (TPSA) is 71.1 Å². The van der Waals surface area contributed by atoms with Crippen molar-refractivity contribution < 1.29 is 28.5 Å². The molecule has 0 spiro atoms. The molecule has 0 saturated carbocycles. The third-order valence-corrected chi connectivity index (χ3v) is 2.85. The van der Waals surface area contributed by atoms with Crippen molar-refractivity contribution in [2.24, 2.45) is 0 Å². The predicted octanol–water partition coefficient (Wildman–Crippen LogP) is 2.24. The second-order valence-electron chi connectivity index (χ2n) is 4.14. The molecule has 6 heteroatoms. The van der Waals surface area contributed by atoms with Crippen molar-refractivity contribution in [1.82, 2.24) is 0 Å². The van der Waals surface area contributed by atoms with Crippen LogP contribution < -0.4 is 14.2 Å². The van der Waals surface area contributed by atoms with Crippen LogP contribution in [-0.4, -0.2) is 39.7 Å². The molecule has 0 saturated heterocycles. The number of hydrogen-bond donors (Lipinski definition) is 0. The van der Waals surface area contributed by atoms with E-state index in [0.29, 0.717) is 29.4 Å². The van der Waals surface area contributed by atoms with Gasteiger partial charge in [0.2, 0.25) is 5.75 Å². The zero-order chi connectivity index (χ0) is 15.8. The fourth-order valence-electron chi connectivity index (χ4n) is 1.84. The van der Waals surface area contributed by atoms with E-state index >= 15 is 0 Å². The minimum Gasteiger partial charge on any atom is -0.493 e. The monoisotopic (exact) mass is 296 g/mol. The molecule has 0 bridgehead atoms. The number of benzene rings is 1. The minimum absolute atomic E-state index is 0.0450. The van der Waals surface area contributed by atoms with Crippen molar-refractivity contribution in [3.8, 4) is 17.2 Å². The fourth-order valence-corrected chi connectivity index (χ4v) is 1.84. The number of rotatable bonds is 8. The third kappa shape index (κ3) is 4.37. The van der Waals surface area contributed by atoms with Crippen molar-refractivity contribution >= 4 is 11.8 Å². The molecular formula is C15H20O6. The van der Waals surface area contributed by atoms with Gasteiger partial charge in [-0.25, -0.2) is 0 Å². The lowest BCUT2D eigenvalue weighted by atomic mass is 10.1. The first kappa shape index (κ1) is 16.8. The van der Waals surface area contributed by atoms with E-state index in [0.717, 1.165) is 0 Å². The number of esters is 1. The lowest BCUT2D eigenvalue weighted by molar-refractivity contribution is -0.143. The van der Waals surface area contributed by atoms with E-state index in [-0.39, 0.29) is 18.6 Å². The van der Waals surface area contributed by atoms with Crippen molar-refractivity contribution in [2.75, 3.05) is 27.9 Å². The minimum atomic E-state index is -0.390. The summed E-state index contributed by atoms with van der Waals surface area (Å²) in [4.78, 5) is 23.4. The highest BCUT2D eigenvalue weighted by molar-refractivity contribution is 5.98. The lowest BCUT2D eigenvalue weighted by Crippen LogP contribution is -2.08. The van der Waals surface area contributed by atoms with Crippen molar-refractivity contribution in [1.29, 1.82) is 0 Å². The second-order valence-corrected chi connectivity index (χ2v) is 4.14. The van der Waals surface area contributed by atoms with Gasteiger partial charge in [0, 0.05) is 12.0 Å². The smallest absolute Gasteiger partial charge is 0.306 e. The van der Waals surface area contributed by atoms with Crippen LogP contribution in [0.2, 0.25) is 0 Å². The van der Waals surface area contributed by atoms with Crippen LogP contribution in [-0.2, 0) is 9.53 Å². The molecule has 21 heavy (non-hydrogen) atoms. The van der Waals surface area contributed by atoms with E-state index in [1.54, 1.807) is 19.1 Å². The number of methoxy groups -OCH3 is 3. The molecule has 0 aliphatic carbocycles. The average Bonchev–Trinajstić information content (AvgIpc) is 2.51. The summed E-state index contributed by atoms with van der Waals surface area (Å²) < 4.78 is 20.4. The summed E-state index contributed by atoms with van der Waals surface area (Å²) >= 11 is 0. The number of hydrogen-bond acceptors (Lipinski definition) is 6. The molecule has 0 aliphatic heterocycles. The first-order valence-corrected chi connectivity index (χ1v) is 6.56. The number of Topliss-reactive ketones (excluding diaryl/α,β-unsaturated/α-hetero) is 1. The normalized spacial score (nSPS) is 9.90. The predicted molar refractivity (Wildman–Crippen MR) is 76.3 cm³/mol. The maximum Gasteiger partial charge on any atom is 0.306 e. The largest absolute Gasteiger partial charge is 0.493 e. The summed E-state index contributed by atoms with van der Waals surface area (Å²) in [5, 5.41) is 0. The molecule has 6 nitrogen and oxygen atoms in total. The first-order valence-electron chi connectivity index (χ1n) is 6.56. The molecule has 0 unspecified atom stereocenters. The molecule has 1 rings (SSSR count). The highest BCUT2D eigenvalue weighted by atomic mass is 16.5. The summed E-state index contributed by atoms with van der Waals surface area (Å²) in [7, 11) is 4.44. The maximum absolute atomic E-state index is 12.1. The average molecular weight is 296 g/mol. The van der Waals surface area contributed by atoms with Crippen LogP contribution in [0.5, 0.6) is 17.2 Å². The molecule has 0 N–H and O–H groups in total. The van der Waals surface area contributed by atoms with Gasteiger partial charge in [-0.2, -0.15) is 0 Å². The summed E-state index contributed by atoms with van der Waals surface area (Å²) in [6, 6.07) is 3.13. The van der Waals surface area contributed by atoms with Gasteiger partial charge in [0.15, 0.2) is 17.3 Å². The Labute approximate surface area is 123 Å². The van der Waals surface area contributed by atoms with Gasteiger partial charge in [-0.3, -0.25) is 9.59 Å². The lowest BCUT2D eigenvalue weighted by Gasteiger charge is -2.13. The quantitative estimate of drug-likeness (QED) is 0.541. The van der Waals surface area contributed by atoms with E-state index in [2.05, 4.69) is 0 Å². The van der Waals surface area contributed by atoms with Gasteiger partial charge in [-0.15, -0.1) is 0 Å². The maximum atomic E-state index is 12.1. The van der Waals surface area contributed by atoms with Gasteiger partial charge in [-0.05, 0) is 19.1 Å². The molecule has 0 fully saturated rings. The van der Waals surface area contributed by atoms with Crippen LogP contribution >= 0.6 is 0 Å². The fraction of sp³-hybridized carbons (Fsp3) is 0.467. The Morgan fingerprint density at radius 2 is 1.52 bits per heavy atom. The number of carbonyl (C=O) groups is 2. The Hall–Kier alpha value is -2.24. The van der Waals surface area contributed by atoms with Crippen molar-refractivity contribution in [3.63, 3.8) is 0 Å². The van der Waals surface area contributed by atoms with Crippen molar-refractivity contribution in [2.45, 2.75) is 19.8 Å². The standard InChI is InChI=1S/C15H20O6/c1-5-21-14(17)7-6-11(16)10-8-12(18-2)15(20-4)13(9-10)19-3/h8-9H,5-7H2,1-4H3. The van der Waals surface area contributed by atoms with Crippen LogP contribution in [0, 0.1) is 0 Å². The van der Waals surface area contributed by atoms with Crippen LogP contribution in [0.1, 0.15) is 30.1 Å². The van der Waals surface area contributed by atoms with E-state index in [4.69, 9.17) is 18.9 Å². The van der Waals surface area contributed by atoms with E-state index < -0.39 is 5.97 Å². The Kier molecular flexibility index (Phi) is 6.52. The van der Waals surface area contributed by atoms with E-state index in [9.17, 15) is 9.59 Å². The van der Waals surface area contributed by atoms with E-state index in [1.165, 1.54) is 21.3 Å². The summed E-state index contributed by atoms with van der Waals surface area (Å²) in [6.45, 7) is 2.02. The van der Waals surface area contributed by atoms with Gasteiger partial charge in [0.05, 0.1) is 34.4 Å². The molecule has 1 aromatic rings. The molecule has 0 radical (unpaired) electrons. The van der Waals surface area contributed by atoms with Gasteiger partial charge < -0.3 is 18.9 Å². The second kappa shape index (κ2) is 8.14. The number of ether oxygens (including phenoxy) is 4. The molecular weight excluding hydrogens is 276 g/mol. The molecule has 0 aliphatic rings. The van der Waals surface area contributed by atoms with Gasteiger partial charge >= 0.3 is 5.97 Å². The van der Waals surface area contributed by atoms with Gasteiger partial charge in [0.1, 0.15) is 0 Å². The molecule has 0 aromatic heterocycles. The number of ketones is 1. The zero-order valence-electron chi connectivity index (χ0n) is 12.7. The molecule has 0 atom stereocenters. The first-order chi connectivity index (χ1) is 10.1. The van der Waals surface area contributed by atoms with Gasteiger partial charge in [0.25, 0.3) is 0 Å². The van der Waals surface area contributed by atoms with Gasteiger partial charge in [-0.1, -0.05) is 0 Å². The summed E-state index contributed by atoms with van der Waals surface area (Å²) in [6.07, 6.45) is 0.112. The molecule has 0 heterocycles. The Morgan fingerprint density at radius 3 is 1.95 bits per heavy atom. The highest BCUT2D eigenvalue weighted by Gasteiger charge is 2.17. The summed E-state index contributed by atoms with van der Waals surface area (Å²) in [5.41, 5.74) is 0.397. The SMILES string of the molecule is CCOC(=O)CCC(=O)c1cc(OC)c(OC)c(OC)c1. The van der Waals surface area contributed by atoms with Crippen molar-refractivity contribution in [3.05, 3.63) is 17.7 Å². The van der Waals surface area contributed by atoms with Crippen LogP contribution in [0.3, 0.4) is 0 Å². The van der Waals surface area contributed by atoms with Crippen LogP contribution in [0.15, 0.2) is 12.1 Å². The third-order valence-electron chi connectivity index (χ3n) is 2.85. The van der Waals surface area contributed by atoms with Crippen LogP contribution in [0.4, 0.5) is 0 Å². The molecule has 116 valence electrons. The molecule has 1 aromatic carbocycles.